The lowest BCUT2D eigenvalue weighted by Gasteiger charge is -2.39. The molecule has 9 heteroatoms. The van der Waals surface area contributed by atoms with Gasteiger partial charge in [-0.3, -0.25) is 0 Å². The molecule has 2 aromatic carbocycles. The van der Waals surface area contributed by atoms with Gasteiger partial charge in [-0.25, -0.2) is 4.79 Å². The Kier molecular flexibility index (Phi) is 7.84. The van der Waals surface area contributed by atoms with Crippen LogP contribution < -0.4 is 4.74 Å². The molecule has 0 amide bonds. The van der Waals surface area contributed by atoms with Crippen molar-refractivity contribution in [2.24, 2.45) is 0 Å². The second-order valence-corrected chi connectivity index (χ2v) is 7.53. The Morgan fingerprint density at radius 3 is 2.28 bits per heavy atom. The van der Waals surface area contributed by atoms with Gasteiger partial charge in [0, 0.05) is 11.6 Å². The molecule has 0 saturated carbocycles. The maximum atomic E-state index is 10.9. The molecule has 1 heterocycles. The van der Waals surface area contributed by atoms with E-state index in [-0.39, 0.29) is 11.5 Å². The highest BCUT2D eigenvalue weighted by molar-refractivity contribution is 5.85. The van der Waals surface area contributed by atoms with Crippen molar-refractivity contribution in [2.75, 3.05) is 6.61 Å². The van der Waals surface area contributed by atoms with Gasteiger partial charge in [-0.2, -0.15) is 0 Å². The molecule has 0 aliphatic carbocycles. The van der Waals surface area contributed by atoms with Gasteiger partial charge in [-0.15, -0.1) is 0 Å². The van der Waals surface area contributed by atoms with Crippen LogP contribution in [0.4, 0.5) is 0 Å². The number of aliphatic hydroxyl groups is 4. The first-order valence-corrected chi connectivity index (χ1v) is 10.1. The van der Waals surface area contributed by atoms with E-state index in [9.17, 15) is 30.3 Å². The molecule has 9 nitrogen and oxygen atoms in total. The molecule has 1 saturated heterocycles. The van der Waals surface area contributed by atoms with E-state index >= 15 is 0 Å². The summed E-state index contributed by atoms with van der Waals surface area (Å²) in [5, 5.41) is 57.9. The molecule has 0 unspecified atom stereocenters. The standard InChI is InChI=1S/C23H26O9/c24-12-18-20(28)21(29)22(30)23(32-18)31-17-11-14(3-6-15(17)7-10-19(26)27)2-1-13-4-8-16(25)9-5-13/h3-11,18,20-25,28-30H,1-2,12H2,(H,26,27)/t18-,20-,21+,22-,23-/m1/s1. The maximum absolute atomic E-state index is 10.9. The first-order chi connectivity index (χ1) is 15.3. The van der Waals surface area contributed by atoms with E-state index in [4.69, 9.17) is 14.6 Å². The predicted molar refractivity (Wildman–Crippen MR) is 113 cm³/mol. The minimum atomic E-state index is -1.60. The smallest absolute Gasteiger partial charge is 0.328 e. The lowest BCUT2D eigenvalue weighted by atomic mass is 9.99. The summed E-state index contributed by atoms with van der Waals surface area (Å²) in [6.45, 7) is -0.594. The summed E-state index contributed by atoms with van der Waals surface area (Å²) in [7, 11) is 0. The number of aryl methyl sites for hydroxylation is 2. The molecule has 32 heavy (non-hydrogen) atoms. The Balaban J connectivity index is 1.82. The van der Waals surface area contributed by atoms with E-state index in [1.807, 2.05) is 18.2 Å². The van der Waals surface area contributed by atoms with Crippen LogP contribution in [0.3, 0.4) is 0 Å². The summed E-state index contributed by atoms with van der Waals surface area (Å²) in [6.07, 6.45) is -3.69. The number of rotatable bonds is 8. The highest BCUT2D eigenvalue weighted by atomic mass is 16.7. The van der Waals surface area contributed by atoms with Crippen molar-refractivity contribution in [2.45, 2.75) is 43.5 Å². The number of carbonyl (C=O) groups is 1. The van der Waals surface area contributed by atoms with Crippen molar-refractivity contribution in [3.05, 3.63) is 65.2 Å². The van der Waals surface area contributed by atoms with Crippen LogP contribution >= 0.6 is 0 Å². The van der Waals surface area contributed by atoms with Crippen molar-refractivity contribution in [1.82, 2.24) is 0 Å². The second-order valence-electron chi connectivity index (χ2n) is 7.53. The van der Waals surface area contributed by atoms with Gasteiger partial charge in [-0.1, -0.05) is 24.3 Å². The summed E-state index contributed by atoms with van der Waals surface area (Å²) in [5.41, 5.74) is 2.26. The molecule has 1 aliphatic heterocycles. The van der Waals surface area contributed by atoms with Crippen molar-refractivity contribution in [3.63, 3.8) is 0 Å². The fraction of sp³-hybridized carbons (Fsp3) is 0.348. The fourth-order valence-electron chi connectivity index (χ4n) is 3.38. The minimum Gasteiger partial charge on any atom is -0.508 e. The molecular formula is C23H26O9. The molecule has 0 radical (unpaired) electrons. The second kappa shape index (κ2) is 10.6. The van der Waals surface area contributed by atoms with Gasteiger partial charge in [0.05, 0.1) is 6.61 Å². The Labute approximate surface area is 184 Å². The topological polar surface area (TPSA) is 157 Å². The summed E-state index contributed by atoms with van der Waals surface area (Å²) < 4.78 is 11.2. The molecule has 0 spiro atoms. The molecule has 1 fully saturated rings. The first-order valence-electron chi connectivity index (χ1n) is 10.1. The Morgan fingerprint density at radius 1 is 0.969 bits per heavy atom. The van der Waals surface area contributed by atoms with Crippen LogP contribution in [-0.2, 0) is 22.4 Å². The number of hydrogen-bond acceptors (Lipinski definition) is 8. The summed E-state index contributed by atoms with van der Waals surface area (Å²) in [6, 6.07) is 12.0. The third-order valence-electron chi connectivity index (χ3n) is 5.21. The van der Waals surface area contributed by atoms with Gasteiger partial charge >= 0.3 is 5.97 Å². The molecule has 6 N–H and O–H groups in total. The van der Waals surface area contributed by atoms with Gasteiger partial charge in [0.2, 0.25) is 6.29 Å². The monoisotopic (exact) mass is 446 g/mol. The molecule has 0 bridgehead atoms. The van der Waals surface area contributed by atoms with E-state index in [0.29, 0.717) is 18.4 Å². The fourth-order valence-corrected chi connectivity index (χ4v) is 3.38. The van der Waals surface area contributed by atoms with Gasteiger partial charge in [0.1, 0.15) is 35.9 Å². The number of phenolic OH excluding ortho intramolecular Hbond substituents is 1. The predicted octanol–water partition coefficient (Wildman–Crippen LogP) is 0.454. The highest BCUT2D eigenvalue weighted by Gasteiger charge is 2.44. The molecule has 3 rings (SSSR count). The normalized spacial score (nSPS) is 25.7. The van der Waals surface area contributed by atoms with Gasteiger partial charge in [0.15, 0.2) is 0 Å². The average Bonchev–Trinajstić information content (AvgIpc) is 2.78. The summed E-state index contributed by atoms with van der Waals surface area (Å²) in [5.74, 6) is -0.770. The zero-order valence-electron chi connectivity index (χ0n) is 17.1. The quantitative estimate of drug-likeness (QED) is 0.317. The number of aliphatic hydroxyl groups excluding tert-OH is 4. The van der Waals surface area contributed by atoms with E-state index in [1.54, 1.807) is 24.3 Å². The number of benzene rings is 2. The van der Waals surface area contributed by atoms with Gasteiger partial charge < -0.3 is 40.1 Å². The van der Waals surface area contributed by atoms with Crippen molar-refractivity contribution in [1.29, 1.82) is 0 Å². The highest BCUT2D eigenvalue weighted by Crippen LogP contribution is 2.29. The lowest BCUT2D eigenvalue weighted by Crippen LogP contribution is -2.60. The number of ether oxygens (including phenoxy) is 2. The molecular weight excluding hydrogens is 420 g/mol. The van der Waals surface area contributed by atoms with Crippen molar-refractivity contribution >= 4 is 12.0 Å². The van der Waals surface area contributed by atoms with Crippen LogP contribution in [0, 0.1) is 0 Å². The number of hydrogen-bond donors (Lipinski definition) is 6. The maximum Gasteiger partial charge on any atom is 0.328 e. The third kappa shape index (κ3) is 5.84. The lowest BCUT2D eigenvalue weighted by molar-refractivity contribution is -0.277. The van der Waals surface area contributed by atoms with Crippen LogP contribution in [0.15, 0.2) is 48.5 Å². The molecule has 2 aromatic rings. The van der Waals surface area contributed by atoms with Gasteiger partial charge in [0.25, 0.3) is 0 Å². The Hall–Kier alpha value is -2.95. The molecule has 172 valence electrons. The number of aliphatic carboxylic acids is 1. The zero-order chi connectivity index (χ0) is 23.3. The number of carboxylic acid groups (broad SMARTS) is 1. The summed E-state index contributed by atoms with van der Waals surface area (Å²) in [4.78, 5) is 10.9. The van der Waals surface area contributed by atoms with Crippen LogP contribution in [0.2, 0.25) is 0 Å². The Bertz CT molecular complexity index is 939. The minimum absolute atomic E-state index is 0.179. The summed E-state index contributed by atoms with van der Waals surface area (Å²) >= 11 is 0. The SMILES string of the molecule is O=C(O)C=Cc1ccc(CCc2ccc(O)cc2)cc1O[C@@H]1O[C@H](CO)[C@@H](O)[C@H](O)[C@H]1O. The number of phenols is 1. The molecule has 0 aromatic heterocycles. The van der Waals surface area contributed by atoms with E-state index < -0.39 is 43.3 Å². The van der Waals surface area contributed by atoms with Crippen LogP contribution in [0.5, 0.6) is 11.5 Å². The van der Waals surface area contributed by atoms with Crippen molar-refractivity contribution in [3.8, 4) is 11.5 Å². The van der Waals surface area contributed by atoms with Gasteiger partial charge in [-0.05, 0) is 48.2 Å². The Morgan fingerprint density at radius 2 is 1.62 bits per heavy atom. The molecule has 1 aliphatic rings. The number of aromatic hydroxyl groups is 1. The van der Waals surface area contributed by atoms with E-state index in [1.165, 1.54) is 6.08 Å². The zero-order valence-corrected chi connectivity index (χ0v) is 17.1. The largest absolute Gasteiger partial charge is 0.508 e. The third-order valence-corrected chi connectivity index (χ3v) is 5.21. The first kappa shape index (κ1) is 23.7. The number of carboxylic acids is 1. The van der Waals surface area contributed by atoms with Crippen molar-refractivity contribution < 1.29 is 44.9 Å². The van der Waals surface area contributed by atoms with E-state index in [0.717, 1.165) is 17.2 Å². The van der Waals surface area contributed by atoms with Crippen LogP contribution in [-0.4, -0.2) is 73.9 Å². The van der Waals surface area contributed by atoms with E-state index in [2.05, 4.69) is 0 Å². The van der Waals surface area contributed by atoms with Crippen LogP contribution in [0.1, 0.15) is 16.7 Å². The molecule has 5 atom stereocenters. The average molecular weight is 446 g/mol. The van der Waals surface area contributed by atoms with Crippen LogP contribution in [0.25, 0.3) is 6.08 Å².